The van der Waals surface area contributed by atoms with E-state index in [1.54, 1.807) is 37.2 Å². The first kappa shape index (κ1) is 24.8. The van der Waals surface area contributed by atoms with Gasteiger partial charge in [0.1, 0.15) is 0 Å². The van der Waals surface area contributed by atoms with Gasteiger partial charge in [-0.2, -0.15) is 13.2 Å². The van der Waals surface area contributed by atoms with Crippen LogP contribution in [0.25, 0.3) is 11.1 Å². The molecule has 3 aromatic rings. The van der Waals surface area contributed by atoms with Crippen LogP contribution >= 0.6 is 0 Å². The number of carbonyl (C=O) groups is 1. The molecule has 0 aromatic heterocycles. The fourth-order valence-corrected chi connectivity index (χ4v) is 4.66. The number of amides is 2. The summed E-state index contributed by atoms with van der Waals surface area (Å²) in [6, 6.07) is 23.2. The van der Waals surface area contributed by atoms with Gasteiger partial charge in [-0.3, -0.25) is 4.90 Å². The zero-order valence-electron chi connectivity index (χ0n) is 20.0. The number of benzene rings is 3. The molecule has 0 bridgehead atoms. The summed E-state index contributed by atoms with van der Waals surface area (Å²) in [5.41, 5.74) is 2.32. The van der Waals surface area contributed by atoms with E-state index in [4.69, 9.17) is 0 Å². The molecule has 1 aliphatic rings. The van der Waals surface area contributed by atoms with E-state index in [2.05, 4.69) is 17.0 Å². The van der Waals surface area contributed by atoms with Crippen LogP contribution < -0.4 is 0 Å². The summed E-state index contributed by atoms with van der Waals surface area (Å²) in [5, 5.41) is 0. The smallest absolute Gasteiger partial charge is 0.331 e. The van der Waals surface area contributed by atoms with Gasteiger partial charge in [0.15, 0.2) is 0 Å². The molecular weight excluding hydrogens is 451 g/mol. The second-order valence-electron chi connectivity index (χ2n) is 9.19. The highest BCUT2D eigenvalue weighted by atomic mass is 19.4. The van der Waals surface area contributed by atoms with Gasteiger partial charge in [-0.15, -0.1) is 0 Å². The molecule has 2 amide bonds. The van der Waals surface area contributed by atoms with E-state index in [0.29, 0.717) is 18.7 Å². The molecule has 3 aromatic carbocycles. The van der Waals surface area contributed by atoms with Crippen molar-refractivity contribution in [1.82, 2.24) is 14.7 Å². The average Bonchev–Trinajstić information content (AvgIpc) is 2.84. The van der Waals surface area contributed by atoms with Crippen molar-refractivity contribution >= 4 is 6.03 Å². The first-order chi connectivity index (χ1) is 16.7. The largest absolute Gasteiger partial charge is 0.417 e. The normalized spacial score (nSPS) is 16.8. The fourth-order valence-electron chi connectivity index (χ4n) is 4.66. The second-order valence-corrected chi connectivity index (χ2v) is 9.19. The molecule has 1 saturated heterocycles. The van der Waals surface area contributed by atoms with Crippen molar-refractivity contribution in [2.75, 3.05) is 33.7 Å². The third-order valence-corrected chi connectivity index (χ3v) is 6.41. The predicted molar refractivity (Wildman–Crippen MR) is 132 cm³/mol. The minimum Gasteiger partial charge on any atom is -0.331 e. The number of rotatable bonds is 5. The van der Waals surface area contributed by atoms with E-state index in [1.165, 1.54) is 17.7 Å². The van der Waals surface area contributed by atoms with Gasteiger partial charge in [0.05, 0.1) is 11.6 Å². The van der Waals surface area contributed by atoms with E-state index >= 15 is 0 Å². The first-order valence-electron chi connectivity index (χ1n) is 11.7. The number of piperazine rings is 1. The highest BCUT2D eigenvalue weighted by molar-refractivity contribution is 5.74. The van der Waals surface area contributed by atoms with Crippen LogP contribution in [-0.4, -0.2) is 60.5 Å². The Morgan fingerprint density at radius 3 is 2.20 bits per heavy atom. The molecule has 0 spiro atoms. The molecule has 1 unspecified atom stereocenters. The zero-order valence-corrected chi connectivity index (χ0v) is 20.0. The molecule has 1 atom stereocenters. The third-order valence-electron chi connectivity index (χ3n) is 6.41. The van der Waals surface area contributed by atoms with Crippen molar-refractivity contribution in [3.63, 3.8) is 0 Å². The Kier molecular flexibility index (Phi) is 7.45. The van der Waals surface area contributed by atoms with E-state index in [-0.39, 0.29) is 17.6 Å². The molecule has 0 radical (unpaired) electrons. The molecule has 1 fully saturated rings. The molecule has 7 heteroatoms. The Morgan fingerprint density at radius 2 is 1.54 bits per heavy atom. The van der Waals surface area contributed by atoms with Crippen molar-refractivity contribution < 1.29 is 18.0 Å². The SMILES string of the molecule is CN(C)C(=O)N1CCN(Cc2ccc(-c3ccccc3C(F)(F)F)cc2)CC1Cc1ccccc1. The Balaban J connectivity index is 1.48. The van der Waals surface area contributed by atoms with Gasteiger partial charge in [0.2, 0.25) is 0 Å². The topological polar surface area (TPSA) is 26.8 Å². The van der Waals surface area contributed by atoms with E-state index in [1.807, 2.05) is 35.2 Å². The van der Waals surface area contributed by atoms with Crippen molar-refractivity contribution in [1.29, 1.82) is 0 Å². The number of carbonyl (C=O) groups excluding carboxylic acids is 1. The molecular formula is C28H30F3N3O. The van der Waals surface area contributed by atoms with Gasteiger partial charge in [-0.1, -0.05) is 72.8 Å². The molecule has 4 rings (SSSR count). The van der Waals surface area contributed by atoms with Crippen molar-refractivity contribution in [2.45, 2.75) is 25.2 Å². The second kappa shape index (κ2) is 10.5. The molecule has 0 N–H and O–H groups in total. The lowest BCUT2D eigenvalue weighted by molar-refractivity contribution is -0.137. The van der Waals surface area contributed by atoms with Gasteiger partial charge in [-0.05, 0) is 34.7 Å². The molecule has 0 saturated carbocycles. The third kappa shape index (κ3) is 6.03. The van der Waals surface area contributed by atoms with Crippen molar-refractivity contribution in [3.05, 3.63) is 95.6 Å². The van der Waals surface area contributed by atoms with Crippen LogP contribution in [0, 0.1) is 0 Å². The minimum absolute atomic E-state index is 0.0123. The van der Waals surface area contributed by atoms with Gasteiger partial charge < -0.3 is 9.80 Å². The van der Waals surface area contributed by atoms with Crippen LogP contribution in [0.3, 0.4) is 0 Å². The Morgan fingerprint density at radius 1 is 0.886 bits per heavy atom. The minimum atomic E-state index is -4.40. The standard InChI is InChI=1S/C28H30F3N3O/c1-32(2)27(35)34-17-16-33(20-24(34)18-21-8-4-3-5-9-21)19-22-12-14-23(15-13-22)25-10-6-7-11-26(25)28(29,30)31/h3-15,24H,16-20H2,1-2H3. The molecule has 1 heterocycles. The Bertz CT molecular complexity index is 1130. The van der Waals surface area contributed by atoms with E-state index in [0.717, 1.165) is 31.1 Å². The highest BCUT2D eigenvalue weighted by Gasteiger charge is 2.33. The summed E-state index contributed by atoms with van der Waals surface area (Å²) in [6.07, 6.45) is -3.63. The number of hydrogen-bond donors (Lipinski definition) is 0. The summed E-state index contributed by atoms with van der Waals surface area (Å²) >= 11 is 0. The van der Waals surface area contributed by atoms with E-state index in [9.17, 15) is 18.0 Å². The molecule has 4 nitrogen and oxygen atoms in total. The summed E-state index contributed by atoms with van der Waals surface area (Å²) < 4.78 is 40.2. The van der Waals surface area contributed by atoms with Gasteiger partial charge in [-0.25, -0.2) is 4.79 Å². The monoisotopic (exact) mass is 481 g/mol. The Labute approximate surface area is 204 Å². The van der Waals surface area contributed by atoms with Crippen LogP contribution in [0.5, 0.6) is 0 Å². The first-order valence-corrected chi connectivity index (χ1v) is 11.7. The van der Waals surface area contributed by atoms with Crippen molar-refractivity contribution in [2.24, 2.45) is 0 Å². The zero-order chi connectivity index (χ0) is 25.0. The highest BCUT2D eigenvalue weighted by Crippen LogP contribution is 2.37. The summed E-state index contributed by atoms with van der Waals surface area (Å²) in [6.45, 7) is 2.78. The maximum absolute atomic E-state index is 13.4. The van der Waals surface area contributed by atoms with Crippen LogP contribution in [0.15, 0.2) is 78.9 Å². The van der Waals surface area contributed by atoms with E-state index < -0.39 is 11.7 Å². The molecule has 0 aliphatic carbocycles. The van der Waals surface area contributed by atoms with Crippen LogP contribution in [-0.2, 0) is 19.1 Å². The number of urea groups is 1. The number of halogens is 3. The maximum atomic E-state index is 13.4. The number of nitrogens with zero attached hydrogens (tertiary/aromatic N) is 3. The lowest BCUT2D eigenvalue weighted by Crippen LogP contribution is -2.57. The van der Waals surface area contributed by atoms with Gasteiger partial charge >= 0.3 is 12.2 Å². The average molecular weight is 482 g/mol. The number of hydrogen-bond acceptors (Lipinski definition) is 2. The van der Waals surface area contributed by atoms with Crippen LogP contribution in [0.4, 0.5) is 18.0 Å². The summed E-state index contributed by atoms with van der Waals surface area (Å²) in [4.78, 5) is 18.7. The molecule has 1 aliphatic heterocycles. The number of alkyl halides is 3. The molecule has 35 heavy (non-hydrogen) atoms. The lowest BCUT2D eigenvalue weighted by atomic mass is 9.98. The van der Waals surface area contributed by atoms with Crippen LogP contribution in [0.2, 0.25) is 0 Å². The lowest BCUT2D eigenvalue weighted by Gasteiger charge is -2.42. The fraction of sp³-hybridized carbons (Fsp3) is 0.321. The summed E-state index contributed by atoms with van der Waals surface area (Å²) in [7, 11) is 3.54. The maximum Gasteiger partial charge on any atom is 0.417 e. The van der Waals surface area contributed by atoms with Crippen LogP contribution in [0.1, 0.15) is 16.7 Å². The quantitative estimate of drug-likeness (QED) is 0.462. The molecule has 184 valence electrons. The van der Waals surface area contributed by atoms with Gasteiger partial charge in [0, 0.05) is 40.3 Å². The predicted octanol–water partition coefficient (Wildman–Crippen LogP) is 5.78. The van der Waals surface area contributed by atoms with Crippen molar-refractivity contribution in [3.8, 4) is 11.1 Å². The van der Waals surface area contributed by atoms with Gasteiger partial charge in [0.25, 0.3) is 0 Å². The summed E-state index contributed by atoms with van der Waals surface area (Å²) in [5.74, 6) is 0. The Hall–Kier alpha value is -3.32.